The van der Waals surface area contributed by atoms with Crippen molar-refractivity contribution in [2.75, 3.05) is 20.8 Å². The van der Waals surface area contributed by atoms with Gasteiger partial charge >= 0.3 is 0 Å². The van der Waals surface area contributed by atoms with Gasteiger partial charge in [-0.15, -0.1) is 0 Å². The minimum absolute atomic E-state index is 0.731. The molecule has 0 spiro atoms. The van der Waals surface area contributed by atoms with Crippen molar-refractivity contribution < 1.29 is 9.47 Å². The van der Waals surface area contributed by atoms with Crippen molar-refractivity contribution in [2.24, 2.45) is 0 Å². The Morgan fingerprint density at radius 3 is 2.25 bits per heavy atom. The Hall–Kier alpha value is -2.00. The molecule has 0 saturated heterocycles. The maximum Gasteiger partial charge on any atom is 0.122 e. The van der Waals surface area contributed by atoms with Crippen LogP contribution in [0.15, 0.2) is 54.7 Å². The lowest BCUT2D eigenvalue weighted by Gasteiger charge is -2.10. The molecule has 0 amide bonds. The lowest BCUT2D eigenvalue weighted by Crippen LogP contribution is -2.16. The number of methoxy groups -OCH3 is 2. The van der Waals surface area contributed by atoms with E-state index in [9.17, 15) is 0 Å². The monoisotopic (exact) mass is 273 g/mol. The highest BCUT2D eigenvalue weighted by Crippen LogP contribution is 2.22. The second-order valence-corrected chi connectivity index (χ2v) is 4.59. The zero-order valence-electron chi connectivity index (χ0n) is 12.5. The molecule has 20 heavy (non-hydrogen) atoms. The van der Waals surface area contributed by atoms with Gasteiger partial charge in [0, 0.05) is 19.2 Å². The zero-order chi connectivity index (χ0) is 15.0. The van der Waals surface area contributed by atoms with E-state index in [1.54, 1.807) is 14.2 Å². The van der Waals surface area contributed by atoms with Crippen molar-refractivity contribution >= 4 is 0 Å². The second-order valence-electron chi connectivity index (χ2n) is 4.59. The van der Waals surface area contributed by atoms with Gasteiger partial charge in [0.1, 0.15) is 11.5 Å². The van der Waals surface area contributed by atoms with Crippen LogP contribution in [-0.4, -0.2) is 20.8 Å². The van der Waals surface area contributed by atoms with Crippen LogP contribution < -0.4 is 14.8 Å². The van der Waals surface area contributed by atoms with Gasteiger partial charge in [-0.2, -0.15) is 0 Å². The fraction of sp³-hybridized carbons (Fsp3) is 0.294. The third-order valence-electron chi connectivity index (χ3n) is 2.76. The fourth-order valence-corrected chi connectivity index (χ4v) is 1.82. The number of hydrogen-bond acceptors (Lipinski definition) is 3. The fourth-order valence-electron chi connectivity index (χ4n) is 1.82. The zero-order valence-corrected chi connectivity index (χ0v) is 12.5. The summed E-state index contributed by atoms with van der Waals surface area (Å²) in [4.78, 5) is 0. The summed E-state index contributed by atoms with van der Waals surface area (Å²) in [5.41, 5.74) is 3.25. The van der Waals surface area contributed by atoms with Gasteiger partial charge in [-0.05, 0) is 30.2 Å². The highest BCUT2D eigenvalue weighted by Gasteiger charge is 2.02. The largest absolute Gasteiger partial charge is 0.497 e. The lowest BCUT2D eigenvalue weighted by molar-refractivity contribution is 0.393. The molecule has 1 N–H and O–H groups in total. The predicted molar refractivity (Wildman–Crippen MR) is 84.3 cm³/mol. The summed E-state index contributed by atoms with van der Waals surface area (Å²) in [5.74, 6) is 1.59. The van der Waals surface area contributed by atoms with Crippen LogP contribution in [0.3, 0.4) is 0 Å². The van der Waals surface area contributed by atoms with Crippen LogP contribution >= 0.6 is 0 Å². The molecular weight excluding hydrogens is 250 g/mol. The van der Waals surface area contributed by atoms with Crippen molar-refractivity contribution in [3.63, 3.8) is 0 Å². The average Bonchev–Trinajstić information content (AvgIpc) is 2.45. The molecule has 0 aromatic heterocycles. The summed E-state index contributed by atoms with van der Waals surface area (Å²) in [6.07, 6.45) is 3.86. The normalized spacial score (nSPS) is 11.1. The molecule has 1 rings (SSSR count). The molecular formula is C17H23NO2. The number of rotatable bonds is 8. The van der Waals surface area contributed by atoms with Crippen LogP contribution in [0.5, 0.6) is 11.5 Å². The molecule has 0 aliphatic heterocycles. The first-order valence-electron chi connectivity index (χ1n) is 6.50. The molecule has 0 aliphatic rings. The highest BCUT2D eigenvalue weighted by atomic mass is 16.5. The molecule has 3 nitrogen and oxygen atoms in total. The molecule has 0 aliphatic carbocycles. The van der Waals surface area contributed by atoms with Crippen molar-refractivity contribution in [2.45, 2.75) is 13.5 Å². The Balaban J connectivity index is 2.65. The summed E-state index contributed by atoms with van der Waals surface area (Å²) in [6.45, 7) is 11.1. The van der Waals surface area contributed by atoms with E-state index in [0.717, 1.165) is 41.3 Å². The van der Waals surface area contributed by atoms with Crippen LogP contribution in [0.4, 0.5) is 0 Å². The number of benzene rings is 1. The van der Waals surface area contributed by atoms with Gasteiger partial charge in [-0.3, -0.25) is 0 Å². The van der Waals surface area contributed by atoms with Gasteiger partial charge < -0.3 is 14.8 Å². The molecule has 0 fully saturated rings. The van der Waals surface area contributed by atoms with Crippen molar-refractivity contribution in [3.8, 4) is 11.5 Å². The third kappa shape index (κ3) is 5.33. The summed E-state index contributed by atoms with van der Waals surface area (Å²) in [7, 11) is 3.30. The second kappa shape index (κ2) is 8.23. The highest BCUT2D eigenvalue weighted by molar-refractivity contribution is 5.38. The first kappa shape index (κ1) is 16.1. The molecule has 3 heteroatoms. The Morgan fingerprint density at radius 1 is 1.20 bits per heavy atom. The summed E-state index contributed by atoms with van der Waals surface area (Å²) < 4.78 is 10.5. The van der Waals surface area contributed by atoms with Gasteiger partial charge in [-0.1, -0.05) is 30.9 Å². The van der Waals surface area contributed by atoms with E-state index in [1.807, 2.05) is 37.3 Å². The standard InChI is InChI=1S/C17H23NO2/c1-6-14(7-13(2)3)11-18-12-15-8-16(19-4)10-17(9-15)20-5/h6-10,18H,1-2,11-12H2,3-5H3/b14-7+. The quantitative estimate of drug-likeness (QED) is 0.736. The van der Waals surface area contributed by atoms with Gasteiger partial charge in [0.25, 0.3) is 0 Å². The minimum atomic E-state index is 0.731. The average molecular weight is 273 g/mol. The number of ether oxygens (including phenoxy) is 2. The SMILES string of the molecule is C=C/C(=C\C(=C)C)CNCc1cc(OC)cc(OC)c1. The third-order valence-corrected chi connectivity index (χ3v) is 2.76. The van der Waals surface area contributed by atoms with Gasteiger partial charge in [0.05, 0.1) is 14.2 Å². The molecule has 1 aromatic carbocycles. The topological polar surface area (TPSA) is 30.5 Å². The molecule has 0 heterocycles. The molecule has 0 bridgehead atoms. The maximum atomic E-state index is 5.25. The molecule has 108 valence electrons. The van der Waals surface area contributed by atoms with Crippen LogP contribution in [0, 0.1) is 0 Å². The summed E-state index contributed by atoms with van der Waals surface area (Å²) >= 11 is 0. The molecule has 0 atom stereocenters. The van der Waals surface area contributed by atoms with E-state index in [-0.39, 0.29) is 0 Å². The number of nitrogens with one attached hydrogen (secondary N) is 1. The maximum absolute atomic E-state index is 5.25. The van der Waals surface area contributed by atoms with Gasteiger partial charge in [0.15, 0.2) is 0 Å². The van der Waals surface area contributed by atoms with Crippen LogP contribution in [0.1, 0.15) is 12.5 Å². The summed E-state index contributed by atoms with van der Waals surface area (Å²) in [6, 6.07) is 5.84. The Labute approximate surface area is 121 Å². The van der Waals surface area contributed by atoms with Crippen LogP contribution in [0.25, 0.3) is 0 Å². The molecule has 0 unspecified atom stereocenters. The van der Waals surface area contributed by atoms with E-state index in [1.165, 1.54) is 0 Å². The van der Waals surface area contributed by atoms with Crippen molar-refractivity contribution in [1.29, 1.82) is 0 Å². The Morgan fingerprint density at radius 2 is 1.80 bits per heavy atom. The smallest absolute Gasteiger partial charge is 0.122 e. The lowest BCUT2D eigenvalue weighted by atomic mass is 10.1. The van der Waals surface area contributed by atoms with Crippen LogP contribution in [0.2, 0.25) is 0 Å². The van der Waals surface area contributed by atoms with Gasteiger partial charge in [0.2, 0.25) is 0 Å². The molecule has 0 saturated carbocycles. The van der Waals surface area contributed by atoms with Crippen molar-refractivity contribution in [1.82, 2.24) is 5.32 Å². The predicted octanol–water partition coefficient (Wildman–Crippen LogP) is 3.48. The molecule has 1 aromatic rings. The van der Waals surface area contributed by atoms with E-state index in [0.29, 0.717) is 0 Å². The van der Waals surface area contributed by atoms with Crippen LogP contribution in [-0.2, 0) is 6.54 Å². The minimum Gasteiger partial charge on any atom is -0.497 e. The Bertz CT molecular complexity index is 481. The van der Waals surface area contributed by atoms with Gasteiger partial charge in [-0.25, -0.2) is 0 Å². The molecule has 0 radical (unpaired) electrons. The Kier molecular flexibility index (Phi) is 6.60. The first-order valence-corrected chi connectivity index (χ1v) is 6.50. The van der Waals surface area contributed by atoms with Crippen molar-refractivity contribution in [3.05, 3.63) is 60.2 Å². The van der Waals surface area contributed by atoms with E-state index in [4.69, 9.17) is 9.47 Å². The first-order chi connectivity index (χ1) is 9.58. The summed E-state index contributed by atoms with van der Waals surface area (Å²) in [5, 5.41) is 3.37. The number of allylic oxidation sites excluding steroid dienone is 2. The van der Waals surface area contributed by atoms with E-state index >= 15 is 0 Å². The van der Waals surface area contributed by atoms with E-state index < -0.39 is 0 Å². The number of hydrogen-bond donors (Lipinski definition) is 1. The van der Waals surface area contributed by atoms with E-state index in [2.05, 4.69) is 18.5 Å².